The lowest BCUT2D eigenvalue weighted by atomic mass is 9.93. The Kier molecular flexibility index (Phi) is 3.66. The molecule has 120 valence electrons. The zero-order valence-electron chi connectivity index (χ0n) is 12.4. The third kappa shape index (κ3) is 2.89. The molecule has 3 aromatic rings. The Morgan fingerprint density at radius 2 is 2.09 bits per heavy atom. The molecule has 0 aromatic carbocycles. The maximum atomic E-state index is 9.61. The third-order valence-corrected chi connectivity index (χ3v) is 4.46. The van der Waals surface area contributed by atoms with E-state index in [1.165, 1.54) is 0 Å². The molecule has 1 aliphatic rings. The van der Waals surface area contributed by atoms with Crippen molar-refractivity contribution in [1.82, 2.24) is 24.1 Å². The largest absolute Gasteiger partial charge is 0.393 e. The first-order valence-corrected chi connectivity index (χ1v) is 8.06. The van der Waals surface area contributed by atoms with Gasteiger partial charge < -0.3 is 15.0 Å². The minimum absolute atomic E-state index is 0.154. The number of imidazole rings is 1. The van der Waals surface area contributed by atoms with Crippen molar-refractivity contribution >= 4 is 28.8 Å². The van der Waals surface area contributed by atoms with Crippen molar-refractivity contribution in [3.05, 3.63) is 36.1 Å². The number of nitrogens with one attached hydrogen (secondary N) is 1. The van der Waals surface area contributed by atoms with Crippen LogP contribution in [-0.2, 0) is 0 Å². The van der Waals surface area contributed by atoms with E-state index >= 15 is 0 Å². The Hall–Kier alpha value is -2.12. The molecule has 8 heteroatoms. The molecule has 3 heterocycles. The fourth-order valence-electron chi connectivity index (χ4n) is 3.08. The van der Waals surface area contributed by atoms with Crippen molar-refractivity contribution in [2.75, 3.05) is 5.32 Å². The average molecular weight is 333 g/mol. The van der Waals surface area contributed by atoms with E-state index in [2.05, 4.69) is 25.0 Å². The molecule has 7 nitrogen and oxygen atoms in total. The van der Waals surface area contributed by atoms with Crippen LogP contribution in [0.2, 0.25) is 5.28 Å². The zero-order chi connectivity index (χ0) is 15.8. The topological polar surface area (TPSA) is 80.3 Å². The molecule has 23 heavy (non-hydrogen) atoms. The van der Waals surface area contributed by atoms with Crippen LogP contribution in [0, 0.1) is 0 Å². The monoisotopic (exact) mass is 332 g/mol. The summed E-state index contributed by atoms with van der Waals surface area (Å²) in [5.74, 6) is 1.34. The molecule has 1 aliphatic carbocycles. The normalized spacial score (nSPS) is 21.7. The van der Waals surface area contributed by atoms with E-state index in [1.54, 1.807) is 4.52 Å². The summed E-state index contributed by atoms with van der Waals surface area (Å²) >= 11 is 5.96. The van der Waals surface area contributed by atoms with E-state index < -0.39 is 0 Å². The Balaban J connectivity index is 1.56. The summed E-state index contributed by atoms with van der Waals surface area (Å²) in [6.07, 6.45) is 9.09. The smallest absolute Gasteiger partial charge is 0.243 e. The van der Waals surface area contributed by atoms with Crippen LogP contribution in [0.3, 0.4) is 0 Å². The molecule has 0 amide bonds. The highest BCUT2D eigenvalue weighted by molar-refractivity contribution is 6.28. The maximum Gasteiger partial charge on any atom is 0.243 e. The van der Waals surface area contributed by atoms with Gasteiger partial charge in [-0.2, -0.15) is 4.98 Å². The molecule has 2 N–H and O–H groups in total. The number of fused-ring (bicyclic) bond motifs is 1. The molecule has 0 atom stereocenters. The lowest BCUT2D eigenvalue weighted by molar-refractivity contribution is 0.110. The molecule has 0 saturated heterocycles. The van der Waals surface area contributed by atoms with Crippen LogP contribution in [0.1, 0.15) is 31.7 Å². The van der Waals surface area contributed by atoms with Gasteiger partial charge in [-0.25, -0.2) is 9.50 Å². The van der Waals surface area contributed by atoms with Crippen LogP contribution in [0.5, 0.6) is 0 Å². The third-order valence-electron chi connectivity index (χ3n) is 4.30. The van der Waals surface area contributed by atoms with Gasteiger partial charge in [-0.3, -0.25) is 0 Å². The van der Waals surface area contributed by atoms with Crippen molar-refractivity contribution in [3.63, 3.8) is 0 Å². The summed E-state index contributed by atoms with van der Waals surface area (Å²) in [4.78, 5) is 8.64. The molecule has 0 radical (unpaired) electrons. The van der Waals surface area contributed by atoms with Crippen LogP contribution in [0.25, 0.3) is 5.52 Å². The second kappa shape index (κ2) is 5.82. The van der Waals surface area contributed by atoms with Crippen molar-refractivity contribution in [3.8, 4) is 0 Å². The number of hydrogen-bond donors (Lipinski definition) is 2. The summed E-state index contributed by atoms with van der Waals surface area (Å²) in [6, 6.07) is 4.19. The van der Waals surface area contributed by atoms with Crippen LogP contribution in [-0.4, -0.2) is 35.4 Å². The molecule has 1 fully saturated rings. The van der Waals surface area contributed by atoms with E-state index in [1.807, 2.05) is 30.9 Å². The summed E-state index contributed by atoms with van der Waals surface area (Å²) in [7, 11) is 0. The number of anilines is 2. The van der Waals surface area contributed by atoms with Gasteiger partial charge in [0.1, 0.15) is 11.3 Å². The van der Waals surface area contributed by atoms with Crippen LogP contribution in [0.4, 0.5) is 11.6 Å². The highest BCUT2D eigenvalue weighted by atomic mass is 35.5. The number of rotatable bonds is 3. The van der Waals surface area contributed by atoms with Gasteiger partial charge in [0, 0.05) is 18.4 Å². The van der Waals surface area contributed by atoms with Gasteiger partial charge in [-0.1, -0.05) is 0 Å². The van der Waals surface area contributed by atoms with Gasteiger partial charge in [0.25, 0.3) is 0 Å². The second-order valence-corrected chi connectivity index (χ2v) is 6.20. The summed E-state index contributed by atoms with van der Waals surface area (Å²) < 4.78 is 3.78. The molecule has 4 rings (SSSR count). The highest BCUT2D eigenvalue weighted by Gasteiger charge is 2.21. The van der Waals surface area contributed by atoms with Crippen LogP contribution >= 0.6 is 11.6 Å². The van der Waals surface area contributed by atoms with E-state index in [0.717, 1.165) is 31.2 Å². The van der Waals surface area contributed by atoms with Crippen LogP contribution in [0.15, 0.2) is 30.9 Å². The van der Waals surface area contributed by atoms with Gasteiger partial charge in [0.2, 0.25) is 5.28 Å². The maximum absolute atomic E-state index is 9.61. The SMILES string of the molecule is O[C@H]1CC[C@H](n2cnc(Nc3nc(Cl)nn4cccc34)c2)CC1. The zero-order valence-corrected chi connectivity index (χ0v) is 13.2. The molecular formula is C15H17ClN6O. The molecular weight excluding hydrogens is 316 g/mol. The van der Waals surface area contributed by atoms with Gasteiger partial charge in [-0.05, 0) is 49.4 Å². The fourth-order valence-corrected chi connectivity index (χ4v) is 3.24. The first kappa shape index (κ1) is 14.5. The van der Waals surface area contributed by atoms with Crippen molar-refractivity contribution in [1.29, 1.82) is 0 Å². The first-order valence-electron chi connectivity index (χ1n) is 7.68. The van der Waals surface area contributed by atoms with Gasteiger partial charge >= 0.3 is 0 Å². The van der Waals surface area contributed by atoms with Gasteiger partial charge in [0.05, 0.1) is 12.4 Å². The van der Waals surface area contributed by atoms with Gasteiger partial charge in [0.15, 0.2) is 5.82 Å². The number of aliphatic hydroxyl groups is 1. The Morgan fingerprint density at radius 3 is 2.91 bits per heavy atom. The van der Waals surface area contributed by atoms with Crippen molar-refractivity contribution < 1.29 is 5.11 Å². The Morgan fingerprint density at radius 1 is 1.26 bits per heavy atom. The quantitative estimate of drug-likeness (QED) is 0.771. The molecule has 0 bridgehead atoms. The lowest BCUT2D eigenvalue weighted by Crippen LogP contribution is -2.20. The van der Waals surface area contributed by atoms with Crippen molar-refractivity contribution in [2.45, 2.75) is 37.8 Å². The second-order valence-electron chi connectivity index (χ2n) is 5.86. The standard InChI is InChI=1S/C15H17ClN6O/c16-15-19-14(12-2-1-7-22(12)20-15)18-13-8-21(9-17-13)10-3-5-11(23)6-4-10/h1-2,7-11,23H,3-6H2,(H,18,19,20)/t10-,11-. The number of hydrogen-bond acceptors (Lipinski definition) is 5. The Labute approximate surface area is 137 Å². The van der Waals surface area contributed by atoms with Gasteiger partial charge in [-0.15, -0.1) is 5.10 Å². The number of halogens is 1. The molecule has 0 spiro atoms. The van der Waals surface area contributed by atoms with E-state index in [0.29, 0.717) is 17.7 Å². The highest BCUT2D eigenvalue weighted by Crippen LogP contribution is 2.29. The number of aromatic nitrogens is 5. The predicted molar refractivity (Wildman–Crippen MR) is 87.0 cm³/mol. The fraction of sp³-hybridized carbons (Fsp3) is 0.400. The minimum atomic E-state index is -0.154. The average Bonchev–Trinajstić information content (AvgIpc) is 3.17. The molecule has 0 aliphatic heterocycles. The molecule has 1 saturated carbocycles. The predicted octanol–water partition coefficient (Wildman–Crippen LogP) is 2.80. The first-order chi connectivity index (χ1) is 11.2. The van der Waals surface area contributed by atoms with Crippen molar-refractivity contribution in [2.24, 2.45) is 0 Å². The summed E-state index contributed by atoms with van der Waals surface area (Å²) in [5.41, 5.74) is 0.838. The lowest BCUT2D eigenvalue weighted by Gasteiger charge is -2.26. The number of nitrogens with zero attached hydrogens (tertiary/aromatic N) is 5. The summed E-state index contributed by atoms with van der Waals surface area (Å²) in [6.45, 7) is 0. The molecule has 3 aromatic heterocycles. The van der Waals surface area contributed by atoms with Crippen LogP contribution < -0.4 is 5.32 Å². The van der Waals surface area contributed by atoms with E-state index in [-0.39, 0.29) is 11.4 Å². The Bertz CT molecular complexity index is 820. The van der Waals surface area contributed by atoms with E-state index in [4.69, 9.17) is 11.6 Å². The minimum Gasteiger partial charge on any atom is -0.393 e. The summed E-state index contributed by atoms with van der Waals surface area (Å²) in [5, 5.41) is 17.1. The molecule has 0 unspecified atom stereocenters. The van der Waals surface area contributed by atoms with E-state index in [9.17, 15) is 5.11 Å². The number of aliphatic hydroxyl groups excluding tert-OH is 1.